The van der Waals surface area contributed by atoms with Crippen LogP contribution in [0.3, 0.4) is 0 Å². The Morgan fingerprint density at radius 1 is 1.29 bits per heavy atom. The SMILES string of the molecule is CCCn1nccc1C(CSc1cccc(C)c1)NCC. The first-order valence-electron chi connectivity index (χ1n) is 7.69. The van der Waals surface area contributed by atoms with Gasteiger partial charge in [0.1, 0.15) is 0 Å². The second-order valence-corrected chi connectivity index (χ2v) is 6.31. The summed E-state index contributed by atoms with van der Waals surface area (Å²) >= 11 is 1.90. The number of nitrogens with one attached hydrogen (secondary N) is 1. The van der Waals surface area contributed by atoms with E-state index in [0.717, 1.165) is 25.3 Å². The maximum Gasteiger partial charge on any atom is 0.0587 e. The highest BCUT2D eigenvalue weighted by atomic mass is 32.2. The van der Waals surface area contributed by atoms with Crippen molar-refractivity contribution in [2.45, 2.75) is 44.7 Å². The van der Waals surface area contributed by atoms with E-state index in [0.29, 0.717) is 6.04 Å². The Kier molecular flexibility index (Phi) is 6.33. The van der Waals surface area contributed by atoms with Crippen LogP contribution in [0.15, 0.2) is 41.4 Å². The van der Waals surface area contributed by atoms with Gasteiger partial charge < -0.3 is 5.32 Å². The lowest BCUT2D eigenvalue weighted by atomic mass is 10.2. The lowest BCUT2D eigenvalue weighted by Gasteiger charge is -2.19. The van der Waals surface area contributed by atoms with E-state index in [1.54, 1.807) is 0 Å². The van der Waals surface area contributed by atoms with Crippen molar-refractivity contribution in [1.29, 1.82) is 0 Å². The Balaban J connectivity index is 2.06. The van der Waals surface area contributed by atoms with Crippen molar-refractivity contribution in [3.8, 4) is 0 Å². The number of rotatable bonds is 8. The van der Waals surface area contributed by atoms with E-state index in [9.17, 15) is 0 Å². The Morgan fingerprint density at radius 3 is 2.86 bits per heavy atom. The monoisotopic (exact) mass is 303 g/mol. The summed E-state index contributed by atoms with van der Waals surface area (Å²) in [6, 6.07) is 11.2. The fraction of sp³-hybridized carbons (Fsp3) is 0.471. The normalized spacial score (nSPS) is 12.5. The lowest BCUT2D eigenvalue weighted by Crippen LogP contribution is -2.25. The Bertz CT molecular complexity index is 550. The molecule has 0 fully saturated rings. The molecule has 0 aliphatic carbocycles. The average molecular weight is 303 g/mol. The molecule has 0 spiro atoms. The Labute approximate surface area is 132 Å². The van der Waals surface area contributed by atoms with Crippen molar-refractivity contribution in [2.24, 2.45) is 0 Å². The first kappa shape index (κ1) is 16.1. The van der Waals surface area contributed by atoms with Crippen LogP contribution in [0.2, 0.25) is 0 Å². The minimum atomic E-state index is 0.342. The quantitative estimate of drug-likeness (QED) is 0.746. The molecule has 1 N–H and O–H groups in total. The average Bonchev–Trinajstić information content (AvgIpc) is 2.92. The summed E-state index contributed by atoms with van der Waals surface area (Å²) in [7, 11) is 0. The third-order valence-corrected chi connectivity index (χ3v) is 4.49. The van der Waals surface area contributed by atoms with E-state index in [4.69, 9.17) is 0 Å². The number of hydrogen-bond acceptors (Lipinski definition) is 3. The predicted molar refractivity (Wildman–Crippen MR) is 90.8 cm³/mol. The van der Waals surface area contributed by atoms with Gasteiger partial charge in [0.05, 0.1) is 11.7 Å². The van der Waals surface area contributed by atoms with Crippen LogP contribution in [0.4, 0.5) is 0 Å². The standard InChI is InChI=1S/C17H25N3S/c1-4-11-20-17(9-10-19-20)16(18-5-2)13-21-15-8-6-7-14(3)12-15/h6-10,12,16,18H,4-5,11,13H2,1-3H3. The second-order valence-electron chi connectivity index (χ2n) is 5.22. The number of aromatic nitrogens is 2. The van der Waals surface area contributed by atoms with Crippen LogP contribution >= 0.6 is 11.8 Å². The molecule has 2 rings (SSSR count). The van der Waals surface area contributed by atoms with Crippen LogP contribution in [-0.4, -0.2) is 22.1 Å². The predicted octanol–water partition coefficient (Wildman–Crippen LogP) is 4.04. The van der Waals surface area contributed by atoms with Gasteiger partial charge in [-0.2, -0.15) is 5.10 Å². The van der Waals surface area contributed by atoms with Crippen molar-refractivity contribution >= 4 is 11.8 Å². The van der Waals surface area contributed by atoms with Crippen molar-refractivity contribution in [3.05, 3.63) is 47.8 Å². The van der Waals surface area contributed by atoms with Gasteiger partial charge in [-0.05, 0) is 38.1 Å². The molecule has 21 heavy (non-hydrogen) atoms. The molecule has 1 heterocycles. The van der Waals surface area contributed by atoms with Gasteiger partial charge in [0.2, 0.25) is 0 Å². The molecule has 1 atom stereocenters. The van der Waals surface area contributed by atoms with Crippen molar-refractivity contribution < 1.29 is 0 Å². The third kappa shape index (κ3) is 4.61. The molecule has 0 bridgehead atoms. The number of thioether (sulfide) groups is 1. The van der Waals surface area contributed by atoms with Gasteiger partial charge in [-0.25, -0.2) is 0 Å². The Hall–Kier alpha value is -1.26. The molecule has 0 saturated heterocycles. The summed E-state index contributed by atoms with van der Waals surface area (Å²) in [6.45, 7) is 8.44. The fourth-order valence-electron chi connectivity index (χ4n) is 2.42. The molecule has 0 aliphatic heterocycles. The smallest absolute Gasteiger partial charge is 0.0587 e. The summed E-state index contributed by atoms with van der Waals surface area (Å²) in [5.74, 6) is 1.02. The molecule has 1 aromatic carbocycles. The highest BCUT2D eigenvalue weighted by Crippen LogP contribution is 2.25. The molecule has 1 aromatic heterocycles. The zero-order valence-corrected chi connectivity index (χ0v) is 14.0. The van der Waals surface area contributed by atoms with Crippen LogP contribution in [0.1, 0.15) is 37.6 Å². The maximum absolute atomic E-state index is 4.45. The van der Waals surface area contributed by atoms with Gasteiger partial charge in [-0.15, -0.1) is 11.8 Å². The van der Waals surface area contributed by atoms with E-state index < -0.39 is 0 Å². The van der Waals surface area contributed by atoms with E-state index in [1.165, 1.54) is 16.2 Å². The highest BCUT2D eigenvalue weighted by Gasteiger charge is 2.15. The minimum Gasteiger partial charge on any atom is -0.308 e. The van der Waals surface area contributed by atoms with Crippen LogP contribution in [0.25, 0.3) is 0 Å². The first-order valence-corrected chi connectivity index (χ1v) is 8.67. The largest absolute Gasteiger partial charge is 0.308 e. The van der Waals surface area contributed by atoms with Crippen LogP contribution in [0.5, 0.6) is 0 Å². The van der Waals surface area contributed by atoms with Crippen LogP contribution in [0, 0.1) is 6.92 Å². The summed E-state index contributed by atoms with van der Waals surface area (Å²) in [4.78, 5) is 1.33. The van der Waals surface area contributed by atoms with Gasteiger partial charge in [0.25, 0.3) is 0 Å². The molecular weight excluding hydrogens is 278 g/mol. The topological polar surface area (TPSA) is 29.9 Å². The fourth-order valence-corrected chi connectivity index (χ4v) is 3.51. The molecule has 4 heteroatoms. The van der Waals surface area contributed by atoms with Gasteiger partial charge in [-0.3, -0.25) is 4.68 Å². The summed E-state index contributed by atoms with van der Waals surface area (Å²) in [5, 5.41) is 8.03. The maximum atomic E-state index is 4.45. The zero-order chi connectivity index (χ0) is 15.1. The van der Waals surface area contributed by atoms with Crippen LogP contribution < -0.4 is 5.32 Å². The second kappa shape index (κ2) is 8.25. The van der Waals surface area contributed by atoms with Gasteiger partial charge in [-0.1, -0.05) is 31.5 Å². The molecule has 3 nitrogen and oxygen atoms in total. The molecule has 114 valence electrons. The van der Waals surface area contributed by atoms with Crippen LogP contribution in [-0.2, 0) is 6.54 Å². The molecule has 1 unspecified atom stereocenters. The first-order chi connectivity index (χ1) is 10.2. The zero-order valence-electron chi connectivity index (χ0n) is 13.2. The lowest BCUT2D eigenvalue weighted by molar-refractivity contribution is 0.508. The van der Waals surface area contributed by atoms with Crippen molar-refractivity contribution in [1.82, 2.24) is 15.1 Å². The molecule has 2 aromatic rings. The van der Waals surface area contributed by atoms with Crippen molar-refractivity contribution in [2.75, 3.05) is 12.3 Å². The Morgan fingerprint density at radius 2 is 2.14 bits per heavy atom. The minimum absolute atomic E-state index is 0.342. The highest BCUT2D eigenvalue weighted by molar-refractivity contribution is 7.99. The molecule has 0 aliphatic rings. The summed E-state index contributed by atoms with van der Waals surface area (Å²) < 4.78 is 2.13. The van der Waals surface area contributed by atoms with Gasteiger partial charge >= 0.3 is 0 Å². The number of benzene rings is 1. The molecule has 0 amide bonds. The van der Waals surface area contributed by atoms with E-state index in [1.807, 2.05) is 18.0 Å². The molecular formula is C17H25N3S. The van der Waals surface area contributed by atoms with E-state index in [-0.39, 0.29) is 0 Å². The number of nitrogens with zero attached hydrogens (tertiary/aromatic N) is 2. The van der Waals surface area contributed by atoms with Crippen molar-refractivity contribution in [3.63, 3.8) is 0 Å². The summed E-state index contributed by atoms with van der Waals surface area (Å²) in [6.07, 6.45) is 3.02. The molecule has 0 saturated carbocycles. The van der Waals surface area contributed by atoms with E-state index in [2.05, 4.69) is 66.2 Å². The number of aryl methyl sites for hydroxylation is 2. The number of hydrogen-bond donors (Lipinski definition) is 1. The van der Waals surface area contributed by atoms with Gasteiger partial charge in [0, 0.05) is 23.4 Å². The molecule has 0 radical (unpaired) electrons. The van der Waals surface area contributed by atoms with Gasteiger partial charge in [0.15, 0.2) is 0 Å². The third-order valence-electron chi connectivity index (χ3n) is 3.40. The summed E-state index contributed by atoms with van der Waals surface area (Å²) in [5.41, 5.74) is 2.61. The van der Waals surface area contributed by atoms with E-state index >= 15 is 0 Å².